The summed E-state index contributed by atoms with van der Waals surface area (Å²) in [6.45, 7) is 0. The largest absolute Gasteiger partial charge is 0.414 e. The highest BCUT2D eigenvalue weighted by atomic mass is 16.6. The van der Waals surface area contributed by atoms with E-state index in [0.717, 1.165) is 12.2 Å². The van der Waals surface area contributed by atoms with Crippen LogP contribution in [0.15, 0.2) is 11.8 Å². The molecule has 0 fully saturated rings. The quantitative estimate of drug-likeness (QED) is 0.594. The van der Waals surface area contributed by atoms with E-state index in [1.807, 2.05) is 0 Å². The van der Waals surface area contributed by atoms with Gasteiger partial charge in [-0.2, -0.15) is 5.48 Å². The van der Waals surface area contributed by atoms with Crippen LogP contribution < -0.4 is 5.48 Å². The summed E-state index contributed by atoms with van der Waals surface area (Å²) in [5.74, 6) is 1.11. The van der Waals surface area contributed by atoms with Gasteiger partial charge in [0.2, 0.25) is 0 Å². The van der Waals surface area contributed by atoms with Gasteiger partial charge < -0.3 is 4.84 Å². The van der Waals surface area contributed by atoms with E-state index in [4.69, 9.17) is 4.84 Å². The summed E-state index contributed by atoms with van der Waals surface area (Å²) in [6, 6.07) is 0. The number of allylic oxidation sites excluding steroid dienone is 2. The molecule has 0 spiro atoms. The molecule has 2 heteroatoms. The van der Waals surface area contributed by atoms with Crippen LogP contribution in [0.5, 0.6) is 0 Å². The molecule has 0 aromatic carbocycles. The van der Waals surface area contributed by atoms with Gasteiger partial charge >= 0.3 is 0 Å². The average Bonchev–Trinajstić information content (AvgIpc) is 2.17. The van der Waals surface area contributed by atoms with E-state index in [-0.39, 0.29) is 0 Å². The molecule has 0 aromatic heterocycles. The Morgan fingerprint density at radius 2 is 2.30 bits per heavy atom. The van der Waals surface area contributed by atoms with Crippen molar-refractivity contribution in [3.8, 4) is 0 Å². The van der Waals surface area contributed by atoms with Gasteiger partial charge in [-0.15, -0.1) is 0 Å². The van der Waals surface area contributed by atoms with Crippen molar-refractivity contribution >= 4 is 0 Å². The molecule has 0 radical (unpaired) electrons. The highest BCUT2D eigenvalue weighted by Gasteiger charge is 2.01. The van der Waals surface area contributed by atoms with Gasteiger partial charge in [0.1, 0.15) is 5.76 Å². The second-order valence-corrected chi connectivity index (χ2v) is 2.58. The van der Waals surface area contributed by atoms with Crippen LogP contribution in [0, 0.1) is 0 Å². The van der Waals surface area contributed by atoms with E-state index in [2.05, 4.69) is 11.6 Å². The third kappa shape index (κ3) is 2.40. The first-order valence-electron chi connectivity index (χ1n) is 3.96. The molecular formula is C8H15NO. The lowest BCUT2D eigenvalue weighted by atomic mass is 10.2. The topological polar surface area (TPSA) is 21.3 Å². The Balaban J connectivity index is 2.31. The first-order valence-corrected chi connectivity index (χ1v) is 3.96. The van der Waals surface area contributed by atoms with E-state index < -0.39 is 0 Å². The maximum Gasteiger partial charge on any atom is 0.120 e. The van der Waals surface area contributed by atoms with E-state index in [9.17, 15) is 0 Å². The van der Waals surface area contributed by atoms with Crippen molar-refractivity contribution in [1.29, 1.82) is 0 Å². The highest BCUT2D eigenvalue weighted by Crippen LogP contribution is 2.16. The molecule has 1 rings (SSSR count). The van der Waals surface area contributed by atoms with Crippen molar-refractivity contribution in [2.75, 3.05) is 7.05 Å². The molecule has 1 aliphatic carbocycles. The Morgan fingerprint density at radius 1 is 1.40 bits per heavy atom. The van der Waals surface area contributed by atoms with Crippen LogP contribution in [0.3, 0.4) is 0 Å². The third-order valence-corrected chi connectivity index (χ3v) is 1.73. The molecule has 58 valence electrons. The second-order valence-electron chi connectivity index (χ2n) is 2.58. The van der Waals surface area contributed by atoms with Crippen LogP contribution in [0.2, 0.25) is 0 Å². The zero-order valence-electron chi connectivity index (χ0n) is 6.52. The third-order valence-electron chi connectivity index (χ3n) is 1.73. The Hall–Kier alpha value is -0.500. The van der Waals surface area contributed by atoms with Gasteiger partial charge in [-0.05, 0) is 25.3 Å². The molecule has 10 heavy (non-hydrogen) atoms. The van der Waals surface area contributed by atoms with Crippen molar-refractivity contribution in [1.82, 2.24) is 5.48 Å². The minimum Gasteiger partial charge on any atom is -0.414 e. The van der Waals surface area contributed by atoms with Crippen LogP contribution in [-0.4, -0.2) is 7.05 Å². The fraction of sp³-hybridized carbons (Fsp3) is 0.750. The second kappa shape index (κ2) is 4.34. The number of hydroxylamine groups is 1. The summed E-state index contributed by atoms with van der Waals surface area (Å²) in [5.41, 5.74) is 2.70. The van der Waals surface area contributed by atoms with Crippen molar-refractivity contribution in [3.63, 3.8) is 0 Å². The molecule has 1 aliphatic rings. The van der Waals surface area contributed by atoms with Crippen LogP contribution in [-0.2, 0) is 4.84 Å². The summed E-state index contributed by atoms with van der Waals surface area (Å²) in [4.78, 5) is 5.17. The molecule has 0 heterocycles. The maximum absolute atomic E-state index is 5.17. The normalized spacial score (nSPS) is 19.5. The molecule has 2 nitrogen and oxygen atoms in total. The molecular weight excluding hydrogens is 126 g/mol. The van der Waals surface area contributed by atoms with E-state index in [1.165, 1.54) is 25.7 Å². The summed E-state index contributed by atoms with van der Waals surface area (Å²) >= 11 is 0. The Labute approximate surface area is 62.2 Å². The van der Waals surface area contributed by atoms with Crippen molar-refractivity contribution in [2.45, 2.75) is 32.1 Å². The van der Waals surface area contributed by atoms with Crippen LogP contribution in [0.1, 0.15) is 32.1 Å². The first-order chi connectivity index (χ1) is 4.93. The SMILES string of the molecule is CNOC1=CCCCCC1. The highest BCUT2D eigenvalue weighted by molar-refractivity contribution is 4.94. The minimum atomic E-state index is 1.10. The predicted molar refractivity (Wildman–Crippen MR) is 41.3 cm³/mol. The van der Waals surface area contributed by atoms with Gasteiger partial charge in [-0.1, -0.05) is 6.42 Å². The van der Waals surface area contributed by atoms with Crippen LogP contribution >= 0.6 is 0 Å². The standard InChI is InChI=1S/C8H15NO/c1-9-10-8-6-4-2-3-5-7-8/h6,9H,2-5,7H2,1H3. The smallest absolute Gasteiger partial charge is 0.120 e. The monoisotopic (exact) mass is 141 g/mol. The predicted octanol–water partition coefficient (Wildman–Crippen LogP) is 1.99. The van der Waals surface area contributed by atoms with Crippen molar-refractivity contribution < 1.29 is 4.84 Å². The molecule has 0 saturated carbocycles. The number of hydrogen-bond acceptors (Lipinski definition) is 2. The molecule has 0 atom stereocenters. The minimum absolute atomic E-state index is 1.10. The zero-order chi connectivity index (χ0) is 7.23. The van der Waals surface area contributed by atoms with Crippen molar-refractivity contribution in [3.05, 3.63) is 11.8 Å². The average molecular weight is 141 g/mol. The summed E-state index contributed by atoms with van der Waals surface area (Å²) in [6.07, 6.45) is 8.39. The molecule has 0 unspecified atom stereocenters. The lowest BCUT2D eigenvalue weighted by Gasteiger charge is -2.04. The molecule has 0 aliphatic heterocycles. The summed E-state index contributed by atoms with van der Waals surface area (Å²) < 4.78 is 0. The zero-order valence-corrected chi connectivity index (χ0v) is 6.52. The lowest BCUT2D eigenvalue weighted by Crippen LogP contribution is -2.06. The fourth-order valence-corrected chi connectivity index (χ4v) is 1.21. The van der Waals surface area contributed by atoms with Crippen molar-refractivity contribution in [2.24, 2.45) is 0 Å². The molecule has 1 N–H and O–H groups in total. The molecule has 0 amide bonds. The number of rotatable bonds is 2. The Morgan fingerprint density at radius 3 is 3.10 bits per heavy atom. The van der Waals surface area contributed by atoms with Gasteiger partial charge in [-0.3, -0.25) is 0 Å². The Kier molecular flexibility index (Phi) is 3.30. The van der Waals surface area contributed by atoms with Gasteiger partial charge in [0.15, 0.2) is 0 Å². The van der Waals surface area contributed by atoms with E-state index in [0.29, 0.717) is 0 Å². The van der Waals surface area contributed by atoms with Crippen LogP contribution in [0.4, 0.5) is 0 Å². The summed E-state index contributed by atoms with van der Waals surface area (Å²) in [7, 11) is 1.80. The van der Waals surface area contributed by atoms with Gasteiger partial charge in [-0.25, -0.2) is 0 Å². The number of nitrogens with one attached hydrogen (secondary N) is 1. The van der Waals surface area contributed by atoms with E-state index in [1.54, 1.807) is 7.05 Å². The fourth-order valence-electron chi connectivity index (χ4n) is 1.21. The number of hydrogen-bond donors (Lipinski definition) is 1. The molecule has 0 bridgehead atoms. The lowest BCUT2D eigenvalue weighted by molar-refractivity contribution is 0.118. The maximum atomic E-state index is 5.17. The van der Waals surface area contributed by atoms with Crippen LogP contribution in [0.25, 0.3) is 0 Å². The first kappa shape index (κ1) is 7.61. The van der Waals surface area contributed by atoms with Gasteiger partial charge in [0.05, 0.1) is 0 Å². The van der Waals surface area contributed by atoms with E-state index >= 15 is 0 Å². The van der Waals surface area contributed by atoms with Gasteiger partial charge in [0, 0.05) is 13.5 Å². The Bertz CT molecular complexity index is 120. The summed E-state index contributed by atoms with van der Waals surface area (Å²) in [5, 5.41) is 0. The molecule has 0 aromatic rings. The molecule has 0 saturated heterocycles. The van der Waals surface area contributed by atoms with Gasteiger partial charge in [0.25, 0.3) is 0 Å².